The molecule has 0 aliphatic carbocycles. The minimum absolute atomic E-state index is 0.167. The van der Waals surface area contributed by atoms with E-state index in [1.807, 2.05) is 70.0 Å². The van der Waals surface area contributed by atoms with E-state index >= 15 is 0 Å². The molecule has 0 unspecified atom stereocenters. The summed E-state index contributed by atoms with van der Waals surface area (Å²) in [5, 5.41) is 6.28. The lowest BCUT2D eigenvalue weighted by Crippen LogP contribution is -2.08. The highest BCUT2D eigenvalue weighted by Crippen LogP contribution is 2.25. The van der Waals surface area contributed by atoms with Crippen LogP contribution in [0.5, 0.6) is 0 Å². The lowest BCUT2D eigenvalue weighted by molar-refractivity contribution is 0.862. The van der Waals surface area contributed by atoms with E-state index in [1.165, 1.54) is 6.92 Å². The molecule has 2 aromatic rings. The molecule has 1 aromatic carbocycles. The van der Waals surface area contributed by atoms with Crippen LogP contribution in [0.25, 0.3) is 0 Å². The first kappa shape index (κ1) is 25.4. The van der Waals surface area contributed by atoms with Crippen LogP contribution in [0.3, 0.4) is 0 Å². The van der Waals surface area contributed by atoms with Crippen LogP contribution in [-0.4, -0.2) is 35.7 Å². The number of imidazole rings is 1. The van der Waals surface area contributed by atoms with Crippen LogP contribution in [0.15, 0.2) is 60.6 Å². The van der Waals surface area contributed by atoms with Gasteiger partial charge in [-0.25, -0.2) is 4.98 Å². The second kappa shape index (κ2) is 17.0. The molecule has 0 radical (unpaired) electrons. The molecule has 0 bridgehead atoms. The smallest absolute Gasteiger partial charge is 0.0949 e. The molecule has 0 aliphatic heterocycles. The second-order valence-corrected chi connectivity index (χ2v) is 5.05. The summed E-state index contributed by atoms with van der Waals surface area (Å²) >= 11 is 0. The standard InChI is InChI=1S/C13H16N4.C3H6.C2H6N2.C2H6/c1-16(2)13-6-4-3-5-12(13)15-8-10-17-9-7-14-11-17;1-3-2;1-2(3)4;1-2/h3-9,11H,10H2,1-2H3;3H,1H2,2H3;1H3,(H3,3,4);1-2H3. The van der Waals surface area contributed by atoms with Gasteiger partial charge in [-0.2, -0.15) is 0 Å². The molecule has 2 rings (SSSR count). The van der Waals surface area contributed by atoms with Gasteiger partial charge in [0.05, 0.1) is 30.1 Å². The summed E-state index contributed by atoms with van der Waals surface area (Å²) in [7, 11) is 4.04. The molecule has 0 fully saturated rings. The zero-order chi connectivity index (χ0) is 20.4. The Morgan fingerprint density at radius 2 is 1.88 bits per heavy atom. The van der Waals surface area contributed by atoms with Gasteiger partial charge >= 0.3 is 0 Å². The number of nitrogens with zero attached hydrogens (tertiary/aromatic N) is 4. The van der Waals surface area contributed by atoms with Gasteiger partial charge in [-0.3, -0.25) is 10.4 Å². The van der Waals surface area contributed by atoms with Gasteiger partial charge in [0.25, 0.3) is 0 Å². The maximum Gasteiger partial charge on any atom is 0.0949 e. The van der Waals surface area contributed by atoms with E-state index in [-0.39, 0.29) is 5.84 Å². The van der Waals surface area contributed by atoms with Crippen molar-refractivity contribution in [3.05, 3.63) is 55.6 Å². The molecule has 1 aromatic heterocycles. The summed E-state index contributed by atoms with van der Waals surface area (Å²) in [6, 6.07) is 8.09. The zero-order valence-corrected chi connectivity index (χ0v) is 17.0. The summed E-state index contributed by atoms with van der Waals surface area (Å²) in [5.41, 5.74) is 6.80. The van der Waals surface area contributed by atoms with Crippen molar-refractivity contribution in [1.82, 2.24) is 9.55 Å². The van der Waals surface area contributed by atoms with Gasteiger partial charge < -0.3 is 15.2 Å². The molecule has 0 atom stereocenters. The molecule has 1 heterocycles. The first-order valence-corrected chi connectivity index (χ1v) is 8.54. The third kappa shape index (κ3) is 13.5. The first-order valence-electron chi connectivity index (χ1n) is 8.54. The van der Waals surface area contributed by atoms with E-state index in [2.05, 4.69) is 27.5 Å². The van der Waals surface area contributed by atoms with E-state index in [4.69, 9.17) is 11.1 Å². The van der Waals surface area contributed by atoms with Crippen LogP contribution in [0.4, 0.5) is 11.4 Å². The molecule has 0 saturated carbocycles. The van der Waals surface area contributed by atoms with Crippen LogP contribution < -0.4 is 10.6 Å². The highest BCUT2D eigenvalue weighted by Gasteiger charge is 2.00. The highest BCUT2D eigenvalue weighted by molar-refractivity contribution is 5.73. The maximum absolute atomic E-state index is 6.28. The van der Waals surface area contributed by atoms with E-state index in [0.29, 0.717) is 0 Å². The number of para-hydroxylation sites is 2. The predicted octanol–water partition coefficient (Wildman–Crippen LogP) is 4.51. The number of nitrogens with one attached hydrogen (secondary N) is 1. The quantitative estimate of drug-likeness (QED) is 0.479. The van der Waals surface area contributed by atoms with E-state index < -0.39 is 0 Å². The Hall–Kier alpha value is -2.89. The summed E-state index contributed by atoms with van der Waals surface area (Å²) in [4.78, 5) is 10.5. The summed E-state index contributed by atoms with van der Waals surface area (Å²) in [6.07, 6.45) is 9.11. The summed E-state index contributed by atoms with van der Waals surface area (Å²) < 4.78 is 1.97. The van der Waals surface area contributed by atoms with Gasteiger partial charge in [0, 0.05) is 32.7 Å². The lowest BCUT2D eigenvalue weighted by atomic mass is 10.2. The van der Waals surface area contributed by atoms with Gasteiger partial charge in [0.15, 0.2) is 0 Å². The first-order chi connectivity index (χ1) is 12.4. The number of rotatable bonds is 4. The third-order valence-corrected chi connectivity index (χ3v) is 2.45. The number of benzene rings is 1. The Balaban J connectivity index is 0. The normalized spacial score (nSPS) is 8.85. The van der Waals surface area contributed by atoms with Gasteiger partial charge in [-0.05, 0) is 26.0 Å². The highest BCUT2D eigenvalue weighted by atomic mass is 15.1. The Morgan fingerprint density at radius 1 is 1.35 bits per heavy atom. The Labute approximate surface area is 158 Å². The van der Waals surface area contributed by atoms with Crippen LogP contribution in [0, 0.1) is 5.41 Å². The average molecular weight is 359 g/mol. The van der Waals surface area contributed by atoms with E-state index in [0.717, 1.165) is 17.9 Å². The van der Waals surface area contributed by atoms with Crippen molar-refractivity contribution >= 4 is 23.4 Å². The summed E-state index contributed by atoms with van der Waals surface area (Å²) in [5.74, 6) is 0.167. The molecule has 0 spiro atoms. The van der Waals surface area contributed by atoms with E-state index in [9.17, 15) is 0 Å². The van der Waals surface area contributed by atoms with Crippen LogP contribution in [0.2, 0.25) is 0 Å². The fraction of sp³-hybridized carbons (Fsp3) is 0.350. The number of hydrogen-bond acceptors (Lipinski definition) is 4. The number of amidine groups is 1. The minimum atomic E-state index is 0.167. The molecule has 3 N–H and O–H groups in total. The number of allylic oxidation sites excluding steroid dienone is 1. The third-order valence-electron chi connectivity index (χ3n) is 2.45. The Morgan fingerprint density at radius 3 is 2.35 bits per heavy atom. The van der Waals surface area contributed by atoms with Crippen LogP contribution >= 0.6 is 0 Å². The fourth-order valence-corrected chi connectivity index (χ4v) is 1.58. The molecular weight excluding hydrogens is 324 g/mol. The lowest BCUT2D eigenvalue weighted by Gasteiger charge is -2.14. The summed E-state index contributed by atoms with van der Waals surface area (Å²) in [6.45, 7) is 11.5. The molecule has 0 amide bonds. The topological polar surface area (TPSA) is 83.3 Å². The van der Waals surface area contributed by atoms with E-state index in [1.54, 1.807) is 18.6 Å². The van der Waals surface area contributed by atoms with Crippen molar-refractivity contribution in [2.24, 2.45) is 10.7 Å². The predicted molar refractivity (Wildman–Crippen MR) is 116 cm³/mol. The van der Waals surface area contributed by atoms with Gasteiger partial charge in [0.1, 0.15) is 0 Å². The number of anilines is 1. The maximum atomic E-state index is 6.28. The van der Waals surface area contributed by atoms with Gasteiger partial charge in [-0.15, -0.1) is 6.58 Å². The average Bonchev–Trinajstić information content (AvgIpc) is 3.11. The second-order valence-electron chi connectivity index (χ2n) is 5.05. The Bertz CT molecular complexity index is 611. The largest absolute Gasteiger partial charge is 0.388 e. The monoisotopic (exact) mass is 358 g/mol. The van der Waals surface area contributed by atoms with Crippen molar-refractivity contribution in [2.75, 3.05) is 19.0 Å². The van der Waals surface area contributed by atoms with Crippen molar-refractivity contribution in [2.45, 2.75) is 34.2 Å². The number of nitrogens with two attached hydrogens (primary N) is 1. The molecule has 6 heteroatoms. The number of hydrogen-bond donors (Lipinski definition) is 2. The fourth-order valence-electron chi connectivity index (χ4n) is 1.58. The van der Waals surface area contributed by atoms with Crippen molar-refractivity contribution in [3.8, 4) is 0 Å². The zero-order valence-electron chi connectivity index (χ0n) is 17.0. The van der Waals surface area contributed by atoms with Gasteiger partial charge in [-0.1, -0.05) is 32.1 Å². The SMILES string of the molecule is C=CC.CC.CC(=N)N.CN(C)c1ccccc1N=CCn1ccnc1. The van der Waals surface area contributed by atoms with Crippen LogP contribution in [0.1, 0.15) is 27.7 Å². The van der Waals surface area contributed by atoms with Crippen molar-refractivity contribution in [3.63, 3.8) is 0 Å². The number of aliphatic imine (C=N–C) groups is 1. The molecule has 0 aliphatic rings. The number of aromatic nitrogens is 2. The van der Waals surface area contributed by atoms with Crippen molar-refractivity contribution < 1.29 is 0 Å². The molecule has 6 nitrogen and oxygen atoms in total. The molecule has 26 heavy (non-hydrogen) atoms. The van der Waals surface area contributed by atoms with Crippen molar-refractivity contribution in [1.29, 1.82) is 5.41 Å². The minimum Gasteiger partial charge on any atom is -0.388 e. The van der Waals surface area contributed by atoms with Crippen LogP contribution in [-0.2, 0) is 6.54 Å². The molecular formula is C20H34N6. The van der Waals surface area contributed by atoms with Gasteiger partial charge in [0.2, 0.25) is 0 Å². The Kier molecular flexibility index (Phi) is 16.5. The molecule has 0 saturated heterocycles. The molecule has 144 valence electrons.